The van der Waals surface area contributed by atoms with Gasteiger partial charge in [0.15, 0.2) is 6.10 Å². The summed E-state index contributed by atoms with van der Waals surface area (Å²) in [5.41, 5.74) is 8.59. The van der Waals surface area contributed by atoms with E-state index in [9.17, 15) is 17.4 Å². The molecule has 1 aromatic heterocycles. The third-order valence-corrected chi connectivity index (χ3v) is 10.2. The first-order valence-corrected chi connectivity index (χ1v) is 19.1. The van der Waals surface area contributed by atoms with Crippen LogP contribution in [0.15, 0.2) is 18.2 Å². The summed E-state index contributed by atoms with van der Waals surface area (Å²) in [5, 5.41) is 0. The van der Waals surface area contributed by atoms with E-state index >= 15 is 0 Å². The van der Waals surface area contributed by atoms with E-state index < -0.39 is 48.2 Å². The molecule has 0 amide bonds. The maximum absolute atomic E-state index is 13.4. The number of fused-ring (bicyclic) bond motifs is 1. The van der Waals surface area contributed by atoms with Gasteiger partial charge in [0.2, 0.25) is 0 Å². The van der Waals surface area contributed by atoms with Gasteiger partial charge in [-0.25, -0.2) is 13.9 Å². The molecule has 0 spiro atoms. The predicted octanol–water partition coefficient (Wildman–Crippen LogP) is 5.98. The molecule has 1 aliphatic rings. The lowest BCUT2D eigenvalue weighted by Gasteiger charge is -2.30. The van der Waals surface area contributed by atoms with Crippen LogP contribution in [0, 0.1) is 0 Å². The number of aromatic nitrogens is 2. The van der Waals surface area contributed by atoms with Crippen LogP contribution in [0.5, 0.6) is 0 Å². The molecule has 1 saturated carbocycles. The lowest BCUT2D eigenvalue weighted by Crippen LogP contribution is -2.43. The molecule has 0 aliphatic heterocycles. The highest BCUT2D eigenvalue weighted by molar-refractivity contribution is 7.84. The van der Waals surface area contributed by atoms with Gasteiger partial charge in [0, 0.05) is 14.7 Å². The number of benzene rings is 1. The molecule has 3 N–H and O–H groups in total. The lowest BCUT2D eigenvalue weighted by atomic mass is 10.1. The van der Waals surface area contributed by atoms with E-state index in [0.717, 1.165) is 36.9 Å². The Morgan fingerprint density at radius 1 is 1.20 bits per heavy atom. The van der Waals surface area contributed by atoms with Crippen molar-refractivity contribution >= 4 is 30.1 Å². The molecule has 13 heteroatoms. The van der Waals surface area contributed by atoms with Crippen molar-refractivity contribution in [3.8, 4) is 0 Å². The summed E-state index contributed by atoms with van der Waals surface area (Å²) in [6, 6.07) is 5.35. The fraction of sp³-hybridized carbons (Fsp3) is 0.750. The number of nitrogens with zero attached hydrogens (tertiary/aromatic N) is 2. The number of nitrogens with one attached hydrogen (secondary N) is 1. The van der Waals surface area contributed by atoms with E-state index in [4.69, 9.17) is 24.9 Å². The van der Waals surface area contributed by atoms with Gasteiger partial charge in [-0.2, -0.15) is 13.2 Å². The smallest absolute Gasteiger partial charge is 0.376 e. The van der Waals surface area contributed by atoms with Gasteiger partial charge in [0.1, 0.15) is 18.6 Å². The Morgan fingerprint density at radius 2 is 1.85 bits per heavy atom. The van der Waals surface area contributed by atoms with Gasteiger partial charge in [-0.1, -0.05) is 25.7 Å². The van der Waals surface area contributed by atoms with Crippen LogP contribution in [0.25, 0.3) is 11.0 Å². The van der Waals surface area contributed by atoms with Gasteiger partial charge in [-0.05, 0) is 71.2 Å². The van der Waals surface area contributed by atoms with Gasteiger partial charge in [0.05, 0.1) is 51.6 Å². The van der Waals surface area contributed by atoms with Crippen LogP contribution in [0.2, 0.25) is 25.7 Å². The second kappa shape index (κ2) is 13.5. The zero-order valence-corrected chi connectivity index (χ0v) is 27.3. The number of hydrogen-bond acceptors (Lipinski definition) is 6. The van der Waals surface area contributed by atoms with Gasteiger partial charge < -0.3 is 24.5 Å². The summed E-state index contributed by atoms with van der Waals surface area (Å²) in [7, 11) is -2.97. The van der Waals surface area contributed by atoms with Crippen LogP contribution in [-0.2, 0) is 31.9 Å². The Hall–Kier alpha value is -1.35. The maximum Gasteiger partial charge on any atom is 0.414 e. The van der Waals surface area contributed by atoms with E-state index in [2.05, 4.69) is 24.4 Å². The Labute approximate surface area is 245 Å². The summed E-state index contributed by atoms with van der Waals surface area (Å²) in [5.74, 6) is 0.382. The normalized spacial score (nSPS) is 18.8. The Bertz CT molecular complexity index is 1180. The van der Waals surface area contributed by atoms with Crippen molar-refractivity contribution in [1.82, 2.24) is 14.3 Å². The van der Waals surface area contributed by atoms with E-state index in [1.54, 1.807) is 20.8 Å². The van der Waals surface area contributed by atoms with Crippen molar-refractivity contribution in [2.75, 3.05) is 13.2 Å². The Balaban J connectivity index is 2.02. The van der Waals surface area contributed by atoms with E-state index in [-0.39, 0.29) is 18.9 Å². The van der Waals surface area contributed by atoms with Gasteiger partial charge >= 0.3 is 6.18 Å². The molecular weight excluding hydrogens is 573 g/mol. The molecule has 41 heavy (non-hydrogen) atoms. The molecule has 1 aromatic carbocycles. The zero-order chi connectivity index (χ0) is 30.8. The molecule has 0 saturated heterocycles. The zero-order valence-electron chi connectivity index (χ0n) is 25.5. The molecule has 1 fully saturated rings. The average Bonchev–Trinajstić information content (AvgIpc) is 3.61. The number of alkyl halides is 3. The molecule has 3 rings (SSSR count). The first-order valence-electron chi connectivity index (χ1n) is 14.2. The summed E-state index contributed by atoms with van der Waals surface area (Å²) < 4.78 is 75.1. The molecule has 2 aromatic rings. The quantitative estimate of drug-likeness (QED) is 0.188. The van der Waals surface area contributed by atoms with Crippen molar-refractivity contribution in [3.63, 3.8) is 0 Å². The summed E-state index contributed by atoms with van der Waals surface area (Å²) in [6.45, 7) is 15.7. The van der Waals surface area contributed by atoms with E-state index in [1.165, 1.54) is 6.92 Å². The topological polar surface area (TPSA) is 101 Å². The highest BCUT2D eigenvalue weighted by atomic mass is 32.2. The third-order valence-electron chi connectivity index (χ3n) is 6.90. The molecule has 8 nitrogen and oxygen atoms in total. The van der Waals surface area contributed by atoms with Crippen molar-refractivity contribution in [1.29, 1.82) is 0 Å². The van der Waals surface area contributed by atoms with Gasteiger partial charge in [-0.15, -0.1) is 0 Å². The van der Waals surface area contributed by atoms with Crippen molar-refractivity contribution < 1.29 is 31.6 Å². The van der Waals surface area contributed by atoms with Crippen molar-refractivity contribution in [2.24, 2.45) is 5.73 Å². The van der Waals surface area contributed by atoms with Gasteiger partial charge in [0.25, 0.3) is 0 Å². The minimum absolute atomic E-state index is 0.133. The standard InChI is InChI=1S/C28H47F3N4O4SSi/c1-18(39-19(2)28(29,30)31)25(34-40(36)27(3,4)5)26-33-23-15-20(22(32)16-38-21-10-11-21)9-12-24(23)35(26)17-37-13-14-41(6,7)8/h9,12,15,18-19,21-22,25,34H,10-11,13-14,16-17,32H2,1-8H3/t18-,19-,22-,25?,40?/m1/s1. The first kappa shape index (κ1) is 34.1. The van der Waals surface area contributed by atoms with Crippen LogP contribution >= 0.6 is 0 Å². The molecule has 1 heterocycles. The predicted molar refractivity (Wildman–Crippen MR) is 160 cm³/mol. The number of imidazole rings is 1. The SMILES string of the molecule is C[C@@H](O[C@H](C)C(F)(F)F)C(NS(=O)C(C)(C)C)c1nc2cc([C@H](N)COC3CC3)ccc2n1COCC[Si](C)(C)C. The number of rotatable bonds is 15. The highest BCUT2D eigenvalue weighted by Crippen LogP contribution is 2.31. The molecule has 5 atom stereocenters. The number of halogens is 3. The maximum atomic E-state index is 13.4. The molecule has 0 bridgehead atoms. The number of ether oxygens (including phenoxy) is 3. The fourth-order valence-electron chi connectivity index (χ4n) is 4.00. The summed E-state index contributed by atoms with van der Waals surface area (Å²) in [6.07, 6.45) is -5.21. The minimum atomic E-state index is -4.55. The number of nitrogens with two attached hydrogens (primary N) is 1. The van der Waals surface area contributed by atoms with Crippen LogP contribution in [-0.4, -0.2) is 64.3 Å². The average molecular weight is 621 g/mol. The molecule has 1 aliphatic carbocycles. The third kappa shape index (κ3) is 10.1. The van der Waals surface area contributed by atoms with E-state index in [0.29, 0.717) is 24.6 Å². The minimum Gasteiger partial charge on any atom is -0.376 e. The van der Waals surface area contributed by atoms with Crippen LogP contribution in [0.4, 0.5) is 13.2 Å². The van der Waals surface area contributed by atoms with Crippen LogP contribution < -0.4 is 10.5 Å². The molecule has 2 unspecified atom stereocenters. The number of hydrogen-bond donors (Lipinski definition) is 2. The molecular formula is C28H47F3N4O4SSi. The summed E-state index contributed by atoms with van der Waals surface area (Å²) in [4.78, 5) is 4.85. The molecule has 0 radical (unpaired) electrons. The first-order chi connectivity index (χ1) is 18.9. The monoisotopic (exact) mass is 620 g/mol. The molecule has 234 valence electrons. The Kier molecular flexibility index (Phi) is 11.3. The second-order valence-electron chi connectivity index (χ2n) is 13.1. The van der Waals surface area contributed by atoms with E-state index in [1.807, 2.05) is 22.8 Å². The Morgan fingerprint density at radius 3 is 2.41 bits per heavy atom. The van der Waals surface area contributed by atoms with Crippen LogP contribution in [0.3, 0.4) is 0 Å². The second-order valence-corrected chi connectivity index (χ2v) is 20.8. The van der Waals surface area contributed by atoms with Crippen molar-refractivity contribution in [2.45, 2.75) is 121 Å². The van der Waals surface area contributed by atoms with Crippen LogP contribution in [0.1, 0.15) is 70.9 Å². The van der Waals surface area contributed by atoms with Crippen molar-refractivity contribution in [3.05, 3.63) is 29.6 Å². The largest absolute Gasteiger partial charge is 0.414 e. The summed E-state index contributed by atoms with van der Waals surface area (Å²) >= 11 is 0. The lowest BCUT2D eigenvalue weighted by molar-refractivity contribution is -0.227. The fourth-order valence-corrected chi connectivity index (χ4v) is 5.64. The van der Waals surface area contributed by atoms with Gasteiger partial charge in [-0.3, -0.25) is 0 Å². The highest BCUT2D eigenvalue weighted by Gasteiger charge is 2.40.